The quantitative estimate of drug-likeness (QED) is 0.584. The zero-order chi connectivity index (χ0) is 17.8. The van der Waals surface area contributed by atoms with Gasteiger partial charge in [0.05, 0.1) is 0 Å². The summed E-state index contributed by atoms with van der Waals surface area (Å²) in [6.07, 6.45) is 0. The minimum absolute atomic E-state index is 0.309. The minimum Gasteiger partial charge on any atom is -0.351 e. The molecule has 1 aromatic heterocycles. The van der Waals surface area contributed by atoms with Crippen LogP contribution in [0.5, 0.6) is 0 Å². The van der Waals surface area contributed by atoms with Gasteiger partial charge in [0, 0.05) is 22.5 Å². The third-order valence-electron chi connectivity index (χ3n) is 3.37. The zero-order valence-electron chi connectivity index (χ0n) is 13.4. The molecule has 0 aliphatic heterocycles. The second-order valence-electron chi connectivity index (χ2n) is 5.35. The molecule has 0 bridgehead atoms. The Kier molecular flexibility index (Phi) is 4.42. The van der Waals surface area contributed by atoms with Crippen molar-refractivity contribution in [3.05, 3.63) is 59.9 Å². The molecular weight excluding hydrogens is 320 g/mol. The highest BCUT2D eigenvalue weighted by Crippen LogP contribution is 2.20. The number of carbonyl (C=O) groups is 2. The number of aromatic nitrogens is 3. The number of urea groups is 1. The van der Waals surface area contributed by atoms with Crippen LogP contribution in [-0.4, -0.2) is 27.1 Å². The number of aryl methyl sites for hydroxylation is 1. The van der Waals surface area contributed by atoms with Gasteiger partial charge in [-0.3, -0.25) is 9.89 Å². The number of rotatable bonds is 4. The zero-order valence-corrected chi connectivity index (χ0v) is 13.4. The van der Waals surface area contributed by atoms with E-state index in [1.54, 1.807) is 36.4 Å². The van der Waals surface area contributed by atoms with Gasteiger partial charge in [-0.05, 0) is 37.3 Å². The van der Waals surface area contributed by atoms with Crippen molar-refractivity contribution >= 4 is 23.3 Å². The van der Waals surface area contributed by atoms with E-state index in [-0.39, 0.29) is 5.91 Å². The summed E-state index contributed by atoms with van der Waals surface area (Å²) in [5.74, 6) is 0.959. The maximum absolute atomic E-state index is 12.4. The van der Waals surface area contributed by atoms with Crippen LogP contribution in [0.15, 0.2) is 48.5 Å². The van der Waals surface area contributed by atoms with E-state index in [0.29, 0.717) is 28.6 Å². The van der Waals surface area contributed by atoms with E-state index < -0.39 is 6.03 Å². The molecule has 2 aromatic carbocycles. The molecule has 0 aliphatic carbocycles. The normalized spacial score (nSPS) is 10.3. The largest absolute Gasteiger partial charge is 0.351 e. The Morgan fingerprint density at radius 2 is 1.76 bits per heavy atom. The van der Waals surface area contributed by atoms with Crippen LogP contribution in [0.4, 0.5) is 16.2 Å². The van der Waals surface area contributed by atoms with Crippen molar-refractivity contribution in [3.8, 4) is 11.4 Å². The van der Waals surface area contributed by atoms with Crippen LogP contribution in [0.3, 0.4) is 0 Å². The molecule has 8 heteroatoms. The molecule has 0 radical (unpaired) electrons. The molecule has 3 rings (SSSR count). The van der Waals surface area contributed by atoms with E-state index in [4.69, 9.17) is 5.73 Å². The van der Waals surface area contributed by atoms with Crippen LogP contribution < -0.4 is 16.4 Å². The molecule has 0 spiro atoms. The maximum Gasteiger partial charge on any atom is 0.316 e. The van der Waals surface area contributed by atoms with Gasteiger partial charge in [-0.2, -0.15) is 5.10 Å². The summed E-state index contributed by atoms with van der Waals surface area (Å²) in [6.45, 7) is 1.81. The van der Waals surface area contributed by atoms with E-state index in [9.17, 15) is 9.59 Å². The number of primary amides is 1. The number of nitrogens with zero attached hydrogens (tertiary/aromatic N) is 2. The van der Waals surface area contributed by atoms with E-state index in [0.717, 1.165) is 5.56 Å². The summed E-state index contributed by atoms with van der Waals surface area (Å²) in [5.41, 5.74) is 7.32. The number of hydrogen-bond donors (Lipinski definition) is 4. The summed E-state index contributed by atoms with van der Waals surface area (Å²) in [4.78, 5) is 27.6. The fraction of sp³-hybridized carbons (Fsp3) is 0.0588. The average Bonchev–Trinajstić information content (AvgIpc) is 3.01. The molecule has 8 nitrogen and oxygen atoms in total. The molecule has 0 atom stereocenters. The topological polar surface area (TPSA) is 126 Å². The Morgan fingerprint density at radius 1 is 1.04 bits per heavy atom. The summed E-state index contributed by atoms with van der Waals surface area (Å²) < 4.78 is 0. The lowest BCUT2D eigenvalue weighted by Gasteiger charge is -2.08. The lowest BCUT2D eigenvalue weighted by molar-refractivity contribution is 0.102. The molecule has 25 heavy (non-hydrogen) atoms. The van der Waals surface area contributed by atoms with Gasteiger partial charge in [0.1, 0.15) is 5.82 Å². The number of H-pyrrole nitrogens is 1. The van der Waals surface area contributed by atoms with Crippen LogP contribution >= 0.6 is 0 Å². The van der Waals surface area contributed by atoms with Gasteiger partial charge in [0.15, 0.2) is 5.82 Å². The second kappa shape index (κ2) is 6.83. The monoisotopic (exact) mass is 336 g/mol. The summed E-state index contributed by atoms with van der Waals surface area (Å²) in [5, 5.41) is 12.1. The van der Waals surface area contributed by atoms with Gasteiger partial charge in [0.2, 0.25) is 0 Å². The molecule has 0 unspecified atom stereocenters. The number of carbonyl (C=O) groups excluding carboxylic acids is 2. The number of nitrogens with two attached hydrogens (primary N) is 1. The smallest absolute Gasteiger partial charge is 0.316 e. The third-order valence-corrected chi connectivity index (χ3v) is 3.37. The molecule has 5 N–H and O–H groups in total. The number of anilines is 2. The molecule has 0 aliphatic rings. The first-order valence-electron chi connectivity index (χ1n) is 7.48. The van der Waals surface area contributed by atoms with Crippen molar-refractivity contribution in [2.24, 2.45) is 5.73 Å². The van der Waals surface area contributed by atoms with Crippen molar-refractivity contribution in [3.63, 3.8) is 0 Å². The van der Waals surface area contributed by atoms with Gasteiger partial charge >= 0.3 is 6.03 Å². The second-order valence-corrected chi connectivity index (χ2v) is 5.35. The lowest BCUT2D eigenvalue weighted by Crippen LogP contribution is -2.19. The first kappa shape index (κ1) is 16.2. The number of aromatic amines is 1. The Bertz CT molecular complexity index is 934. The summed E-state index contributed by atoms with van der Waals surface area (Å²) in [7, 11) is 0. The Labute approximate surface area is 143 Å². The third kappa shape index (κ3) is 3.99. The predicted octanol–water partition coefficient (Wildman–Crippen LogP) is 2.52. The minimum atomic E-state index is -0.688. The van der Waals surface area contributed by atoms with Gasteiger partial charge < -0.3 is 16.4 Å². The number of amides is 3. The van der Waals surface area contributed by atoms with Crippen LogP contribution in [0.2, 0.25) is 0 Å². The Hall–Kier alpha value is -3.68. The van der Waals surface area contributed by atoms with Crippen molar-refractivity contribution in [1.82, 2.24) is 15.2 Å². The van der Waals surface area contributed by atoms with Gasteiger partial charge in [-0.1, -0.05) is 18.2 Å². The SMILES string of the molecule is Cc1nc(-c2cccc(NC(=O)c3cccc(NC(N)=O)c3)c2)n[nH]1. The van der Waals surface area contributed by atoms with E-state index in [1.807, 2.05) is 19.1 Å². The molecule has 3 amide bonds. The van der Waals surface area contributed by atoms with E-state index >= 15 is 0 Å². The lowest BCUT2D eigenvalue weighted by atomic mass is 10.1. The van der Waals surface area contributed by atoms with Crippen LogP contribution in [0.1, 0.15) is 16.2 Å². The van der Waals surface area contributed by atoms with Crippen molar-refractivity contribution in [2.75, 3.05) is 10.6 Å². The molecule has 0 saturated carbocycles. The standard InChI is InChI=1S/C17H16N6O2/c1-10-19-15(23-22-10)11-4-2-6-13(8-11)20-16(24)12-5-3-7-14(9-12)21-17(18)25/h2-9H,1H3,(H,20,24)(H3,18,21,25)(H,19,22,23). The maximum atomic E-state index is 12.4. The van der Waals surface area contributed by atoms with Gasteiger partial charge in [-0.25, -0.2) is 9.78 Å². The predicted molar refractivity (Wildman–Crippen MR) is 94.2 cm³/mol. The number of hydrogen-bond acceptors (Lipinski definition) is 4. The number of benzene rings is 2. The van der Waals surface area contributed by atoms with Gasteiger partial charge in [0.25, 0.3) is 5.91 Å². The van der Waals surface area contributed by atoms with Crippen LogP contribution in [0, 0.1) is 6.92 Å². The molecule has 126 valence electrons. The summed E-state index contributed by atoms with van der Waals surface area (Å²) >= 11 is 0. The first-order valence-corrected chi connectivity index (χ1v) is 7.48. The first-order chi connectivity index (χ1) is 12.0. The number of nitrogens with one attached hydrogen (secondary N) is 3. The van der Waals surface area contributed by atoms with Crippen molar-refractivity contribution in [2.45, 2.75) is 6.92 Å². The fourth-order valence-electron chi connectivity index (χ4n) is 2.29. The van der Waals surface area contributed by atoms with Crippen LogP contribution in [0.25, 0.3) is 11.4 Å². The highest BCUT2D eigenvalue weighted by molar-refractivity contribution is 6.05. The average molecular weight is 336 g/mol. The highest BCUT2D eigenvalue weighted by atomic mass is 16.2. The van der Waals surface area contributed by atoms with Crippen molar-refractivity contribution < 1.29 is 9.59 Å². The Balaban J connectivity index is 1.78. The van der Waals surface area contributed by atoms with E-state index in [1.165, 1.54) is 0 Å². The molecule has 1 heterocycles. The van der Waals surface area contributed by atoms with Crippen molar-refractivity contribution in [1.29, 1.82) is 0 Å². The summed E-state index contributed by atoms with van der Waals surface area (Å²) in [6, 6.07) is 13.0. The molecule has 0 fully saturated rings. The van der Waals surface area contributed by atoms with Gasteiger partial charge in [-0.15, -0.1) is 0 Å². The van der Waals surface area contributed by atoms with Crippen LogP contribution in [-0.2, 0) is 0 Å². The van der Waals surface area contributed by atoms with E-state index in [2.05, 4.69) is 25.8 Å². The highest BCUT2D eigenvalue weighted by Gasteiger charge is 2.09. The molecular formula is C17H16N6O2. The molecule has 3 aromatic rings. The Morgan fingerprint density at radius 3 is 2.44 bits per heavy atom. The molecule has 0 saturated heterocycles. The fourth-order valence-corrected chi connectivity index (χ4v) is 2.29.